The molecule has 0 saturated carbocycles. The van der Waals surface area contributed by atoms with Crippen LogP contribution in [0.1, 0.15) is 19.8 Å². The zero-order valence-corrected chi connectivity index (χ0v) is 7.97. The third kappa shape index (κ3) is 3.03. The van der Waals surface area contributed by atoms with E-state index in [2.05, 4.69) is 0 Å². The van der Waals surface area contributed by atoms with Gasteiger partial charge in [-0.2, -0.15) is 0 Å². The highest BCUT2D eigenvalue weighted by Gasteiger charge is 2.20. The first-order chi connectivity index (χ1) is 5.70. The van der Waals surface area contributed by atoms with E-state index in [0.29, 0.717) is 5.25 Å². The Hall–Kier alpha value is -0.220. The molecule has 0 aromatic carbocycles. The first-order valence-corrected chi connectivity index (χ1v) is 5.17. The van der Waals surface area contributed by atoms with Crippen LogP contribution in [-0.4, -0.2) is 28.9 Å². The van der Waals surface area contributed by atoms with Gasteiger partial charge in [0.2, 0.25) is 0 Å². The van der Waals surface area contributed by atoms with Gasteiger partial charge in [-0.15, -0.1) is 11.8 Å². The lowest BCUT2D eigenvalue weighted by Gasteiger charge is -2.22. The molecule has 1 fully saturated rings. The van der Waals surface area contributed by atoms with Crippen LogP contribution in [0.25, 0.3) is 0 Å². The van der Waals surface area contributed by atoms with Crippen LogP contribution >= 0.6 is 11.8 Å². The van der Waals surface area contributed by atoms with Crippen LogP contribution in [0.5, 0.6) is 0 Å². The predicted octanol–water partition coefficient (Wildman–Crippen LogP) is 1.58. The van der Waals surface area contributed by atoms with Gasteiger partial charge in [-0.05, 0) is 12.8 Å². The largest absolute Gasteiger partial charge is 0.481 e. The Labute approximate surface area is 76.5 Å². The fourth-order valence-corrected chi connectivity index (χ4v) is 2.28. The minimum atomic E-state index is -0.693. The van der Waals surface area contributed by atoms with E-state index in [4.69, 9.17) is 9.84 Å². The molecule has 0 bridgehead atoms. The Balaban J connectivity index is 2.24. The third-order valence-corrected chi connectivity index (χ3v) is 3.21. The molecule has 1 heterocycles. The van der Waals surface area contributed by atoms with Gasteiger partial charge in [0.05, 0.1) is 11.9 Å². The zero-order valence-electron chi connectivity index (χ0n) is 7.16. The fourth-order valence-electron chi connectivity index (χ4n) is 1.18. The summed E-state index contributed by atoms with van der Waals surface area (Å²) >= 11 is 1.72. The molecule has 0 radical (unpaired) electrons. The van der Waals surface area contributed by atoms with E-state index >= 15 is 0 Å². The summed E-state index contributed by atoms with van der Waals surface area (Å²) in [6, 6.07) is 0. The Morgan fingerprint density at radius 1 is 1.83 bits per heavy atom. The van der Waals surface area contributed by atoms with E-state index in [9.17, 15) is 4.79 Å². The second-order valence-corrected chi connectivity index (χ2v) is 4.31. The fraction of sp³-hybridized carbons (Fsp3) is 0.875. The maximum atomic E-state index is 10.5. The van der Waals surface area contributed by atoms with Crippen molar-refractivity contribution in [3.63, 3.8) is 0 Å². The molecule has 2 atom stereocenters. The maximum absolute atomic E-state index is 10.5. The van der Waals surface area contributed by atoms with Gasteiger partial charge in [0.15, 0.2) is 0 Å². The Bertz CT molecular complexity index is 154. The SMILES string of the molecule is CC(CC1CCOCS1)C(=O)O. The van der Waals surface area contributed by atoms with Crippen LogP contribution in [0.3, 0.4) is 0 Å². The summed E-state index contributed by atoms with van der Waals surface area (Å²) in [5.74, 6) is -0.195. The molecule has 0 aliphatic carbocycles. The van der Waals surface area contributed by atoms with E-state index in [1.165, 1.54) is 0 Å². The summed E-state index contributed by atoms with van der Waals surface area (Å²) in [5, 5.41) is 9.15. The van der Waals surface area contributed by atoms with Crippen LogP contribution in [0.2, 0.25) is 0 Å². The van der Waals surface area contributed by atoms with E-state index in [0.717, 1.165) is 25.4 Å². The van der Waals surface area contributed by atoms with Crippen LogP contribution in [0.4, 0.5) is 0 Å². The van der Waals surface area contributed by atoms with Crippen molar-refractivity contribution in [2.24, 2.45) is 5.92 Å². The second-order valence-electron chi connectivity index (χ2n) is 3.08. The monoisotopic (exact) mass is 190 g/mol. The molecule has 3 nitrogen and oxygen atoms in total. The van der Waals surface area contributed by atoms with Crippen molar-refractivity contribution >= 4 is 17.7 Å². The molecule has 1 aliphatic heterocycles. The summed E-state index contributed by atoms with van der Waals surface area (Å²) in [5.41, 5.74) is 0. The highest BCUT2D eigenvalue weighted by atomic mass is 32.2. The summed E-state index contributed by atoms with van der Waals surface area (Å²) in [6.45, 7) is 2.54. The predicted molar refractivity (Wildman–Crippen MR) is 48.2 cm³/mol. The standard InChI is InChI=1S/C8H14O3S/c1-6(8(9)10)4-7-2-3-11-5-12-7/h6-7H,2-5H2,1H3,(H,9,10). The number of carbonyl (C=O) groups is 1. The van der Waals surface area contributed by atoms with Crippen molar-refractivity contribution in [3.8, 4) is 0 Å². The molecule has 0 amide bonds. The Morgan fingerprint density at radius 3 is 3.08 bits per heavy atom. The molecule has 4 heteroatoms. The summed E-state index contributed by atoms with van der Waals surface area (Å²) < 4.78 is 5.16. The van der Waals surface area contributed by atoms with Gasteiger partial charge in [-0.3, -0.25) is 4.79 Å². The van der Waals surface area contributed by atoms with Crippen LogP contribution < -0.4 is 0 Å². The number of hydrogen-bond donors (Lipinski definition) is 1. The van der Waals surface area contributed by atoms with Crippen molar-refractivity contribution in [1.29, 1.82) is 0 Å². The highest BCUT2D eigenvalue weighted by Crippen LogP contribution is 2.26. The molecule has 1 saturated heterocycles. The number of hydrogen-bond acceptors (Lipinski definition) is 3. The van der Waals surface area contributed by atoms with E-state index in [1.807, 2.05) is 0 Å². The van der Waals surface area contributed by atoms with Gasteiger partial charge in [0.25, 0.3) is 0 Å². The van der Waals surface area contributed by atoms with Crippen molar-refractivity contribution in [3.05, 3.63) is 0 Å². The van der Waals surface area contributed by atoms with E-state index in [-0.39, 0.29) is 5.92 Å². The van der Waals surface area contributed by atoms with Crippen molar-refractivity contribution in [2.45, 2.75) is 25.0 Å². The number of thioether (sulfide) groups is 1. The molecule has 1 aliphatic rings. The molecule has 1 N–H and O–H groups in total. The molecule has 1 rings (SSSR count). The minimum Gasteiger partial charge on any atom is -0.481 e. The van der Waals surface area contributed by atoms with Gasteiger partial charge in [-0.25, -0.2) is 0 Å². The smallest absolute Gasteiger partial charge is 0.306 e. The highest BCUT2D eigenvalue weighted by molar-refractivity contribution is 7.99. The van der Waals surface area contributed by atoms with Crippen molar-refractivity contribution < 1.29 is 14.6 Å². The first-order valence-electron chi connectivity index (χ1n) is 4.12. The topological polar surface area (TPSA) is 46.5 Å². The quantitative estimate of drug-likeness (QED) is 0.734. The third-order valence-electron chi connectivity index (χ3n) is 2.01. The molecule has 0 aromatic rings. The first kappa shape index (κ1) is 9.86. The molecule has 0 aromatic heterocycles. The van der Waals surface area contributed by atoms with Gasteiger partial charge in [0.1, 0.15) is 0 Å². The Kier molecular flexibility index (Phi) is 3.88. The normalized spacial score (nSPS) is 26.6. The van der Waals surface area contributed by atoms with E-state index in [1.54, 1.807) is 18.7 Å². The van der Waals surface area contributed by atoms with Crippen LogP contribution in [0.15, 0.2) is 0 Å². The lowest BCUT2D eigenvalue weighted by molar-refractivity contribution is -0.141. The average Bonchev–Trinajstić information content (AvgIpc) is 2.06. The van der Waals surface area contributed by atoms with Crippen LogP contribution in [-0.2, 0) is 9.53 Å². The molecule has 2 unspecified atom stereocenters. The summed E-state index contributed by atoms with van der Waals surface area (Å²) in [7, 11) is 0. The van der Waals surface area contributed by atoms with Crippen molar-refractivity contribution in [2.75, 3.05) is 12.5 Å². The lowest BCUT2D eigenvalue weighted by atomic mass is 10.0. The lowest BCUT2D eigenvalue weighted by Crippen LogP contribution is -2.21. The minimum absolute atomic E-state index is 0.222. The van der Waals surface area contributed by atoms with Gasteiger partial charge >= 0.3 is 5.97 Å². The zero-order chi connectivity index (χ0) is 8.97. The number of ether oxygens (including phenoxy) is 1. The molecule has 0 spiro atoms. The van der Waals surface area contributed by atoms with Gasteiger partial charge < -0.3 is 9.84 Å². The molecule has 70 valence electrons. The number of carboxylic acids is 1. The molecular weight excluding hydrogens is 176 g/mol. The summed E-state index contributed by atoms with van der Waals surface area (Å²) in [4.78, 5) is 10.5. The Morgan fingerprint density at radius 2 is 2.58 bits per heavy atom. The van der Waals surface area contributed by atoms with Gasteiger partial charge in [0, 0.05) is 11.9 Å². The second kappa shape index (κ2) is 4.72. The number of carboxylic acid groups (broad SMARTS) is 1. The number of rotatable bonds is 3. The molecule has 12 heavy (non-hydrogen) atoms. The van der Waals surface area contributed by atoms with Crippen molar-refractivity contribution in [1.82, 2.24) is 0 Å². The van der Waals surface area contributed by atoms with E-state index < -0.39 is 5.97 Å². The summed E-state index contributed by atoms with van der Waals surface area (Å²) in [6.07, 6.45) is 1.76. The number of aliphatic carboxylic acids is 1. The molecular formula is C8H14O3S. The average molecular weight is 190 g/mol. The van der Waals surface area contributed by atoms with Crippen LogP contribution in [0, 0.1) is 5.92 Å². The van der Waals surface area contributed by atoms with Gasteiger partial charge in [-0.1, -0.05) is 6.92 Å². The maximum Gasteiger partial charge on any atom is 0.306 e.